The molecule has 3 aromatic rings. The number of ether oxygens (including phenoxy) is 1. The summed E-state index contributed by atoms with van der Waals surface area (Å²) in [6, 6.07) is 15.4. The van der Waals surface area contributed by atoms with Gasteiger partial charge in [0.1, 0.15) is 11.4 Å². The minimum Gasteiger partial charge on any atom is -0.497 e. The SMILES string of the molecule is COc1cccc(Cn2c(C(=O)O)cc3cc(C)ccc32)c1. The van der Waals surface area contributed by atoms with E-state index in [0.29, 0.717) is 12.2 Å². The third kappa shape index (κ3) is 2.55. The van der Waals surface area contributed by atoms with Crippen LogP contribution in [0.25, 0.3) is 10.9 Å². The second-order valence-electron chi connectivity index (χ2n) is 5.33. The molecule has 0 atom stereocenters. The monoisotopic (exact) mass is 295 g/mol. The molecule has 0 aliphatic heterocycles. The molecule has 0 aliphatic carbocycles. The van der Waals surface area contributed by atoms with Crippen molar-refractivity contribution in [2.75, 3.05) is 7.11 Å². The minimum absolute atomic E-state index is 0.295. The molecular weight excluding hydrogens is 278 g/mol. The lowest BCUT2D eigenvalue weighted by molar-refractivity contribution is 0.0686. The quantitative estimate of drug-likeness (QED) is 0.798. The number of benzene rings is 2. The molecule has 4 nitrogen and oxygen atoms in total. The van der Waals surface area contributed by atoms with Crippen LogP contribution in [0.3, 0.4) is 0 Å². The molecule has 0 fully saturated rings. The van der Waals surface area contributed by atoms with Crippen molar-refractivity contribution >= 4 is 16.9 Å². The fourth-order valence-electron chi connectivity index (χ4n) is 2.69. The number of rotatable bonds is 4. The van der Waals surface area contributed by atoms with Gasteiger partial charge in [0, 0.05) is 17.4 Å². The molecule has 0 radical (unpaired) electrons. The van der Waals surface area contributed by atoms with Crippen molar-refractivity contribution < 1.29 is 14.6 Å². The van der Waals surface area contributed by atoms with E-state index >= 15 is 0 Å². The predicted molar refractivity (Wildman–Crippen MR) is 85.7 cm³/mol. The third-order valence-corrected chi connectivity index (χ3v) is 3.75. The Morgan fingerprint density at radius 2 is 2.00 bits per heavy atom. The summed E-state index contributed by atoms with van der Waals surface area (Å²) >= 11 is 0. The van der Waals surface area contributed by atoms with Crippen LogP contribution < -0.4 is 4.74 Å². The van der Waals surface area contributed by atoms with Crippen LogP contribution in [-0.4, -0.2) is 22.8 Å². The van der Waals surface area contributed by atoms with Gasteiger partial charge >= 0.3 is 5.97 Å². The Hall–Kier alpha value is -2.75. The van der Waals surface area contributed by atoms with Crippen LogP contribution in [0.4, 0.5) is 0 Å². The first kappa shape index (κ1) is 14.2. The number of aryl methyl sites for hydroxylation is 1. The average Bonchev–Trinajstić information content (AvgIpc) is 2.85. The molecule has 2 aromatic carbocycles. The molecule has 0 saturated carbocycles. The number of carboxylic acid groups (broad SMARTS) is 1. The highest BCUT2D eigenvalue weighted by atomic mass is 16.5. The van der Waals surface area contributed by atoms with E-state index in [1.165, 1.54) is 0 Å². The van der Waals surface area contributed by atoms with Crippen molar-refractivity contribution in [3.05, 3.63) is 65.4 Å². The first-order chi connectivity index (χ1) is 10.6. The molecule has 0 unspecified atom stereocenters. The first-order valence-electron chi connectivity index (χ1n) is 7.04. The van der Waals surface area contributed by atoms with Gasteiger partial charge in [-0.3, -0.25) is 0 Å². The molecular formula is C18H17NO3. The lowest BCUT2D eigenvalue weighted by Gasteiger charge is -2.10. The number of carboxylic acids is 1. The average molecular weight is 295 g/mol. The van der Waals surface area contributed by atoms with Gasteiger partial charge in [0.05, 0.1) is 7.11 Å². The first-order valence-corrected chi connectivity index (χ1v) is 7.04. The van der Waals surface area contributed by atoms with E-state index in [9.17, 15) is 9.90 Å². The van der Waals surface area contributed by atoms with Gasteiger partial charge in [0.2, 0.25) is 0 Å². The summed E-state index contributed by atoms with van der Waals surface area (Å²) in [5.41, 5.74) is 3.33. The van der Waals surface area contributed by atoms with Gasteiger partial charge in [0.25, 0.3) is 0 Å². The Labute approximate surface area is 128 Å². The van der Waals surface area contributed by atoms with Crippen LogP contribution in [-0.2, 0) is 6.54 Å². The lowest BCUT2D eigenvalue weighted by atomic mass is 10.2. The van der Waals surface area contributed by atoms with Gasteiger partial charge in [-0.15, -0.1) is 0 Å². The number of carbonyl (C=O) groups is 1. The summed E-state index contributed by atoms with van der Waals surface area (Å²) in [5, 5.41) is 10.4. The van der Waals surface area contributed by atoms with E-state index in [1.807, 2.05) is 54.0 Å². The van der Waals surface area contributed by atoms with E-state index in [4.69, 9.17) is 4.74 Å². The Bertz CT molecular complexity index is 849. The maximum Gasteiger partial charge on any atom is 0.352 e. The summed E-state index contributed by atoms with van der Waals surface area (Å²) in [6.07, 6.45) is 0. The Kier molecular flexibility index (Phi) is 3.59. The zero-order valence-electron chi connectivity index (χ0n) is 12.5. The molecule has 0 spiro atoms. The maximum absolute atomic E-state index is 11.5. The van der Waals surface area contributed by atoms with Gasteiger partial charge in [-0.1, -0.05) is 23.8 Å². The normalized spacial score (nSPS) is 10.8. The number of nitrogens with zero attached hydrogens (tertiary/aromatic N) is 1. The molecule has 0 bridgehead atoms. The van der Waals surface area contributed by atoms with E-state index in [0.717, 1.165) is 27.8 Å². The Balaban J connectivity index is 2.11. The zero-order chi connectivity index (χ0) is 15.7. The molecule has 1 N–H and O–H groups in total. The molecule has 0 aliphatic rings. The summed E-state index contributed by atoms with van der Waals surface area (Å²) in [6.45, 7) is 2.49. The molecule has 4 heteroatoms. The fourth-order valence-corrected chi connectivity index (χ4v) is 2.69. The van der Waals surface area contributed by atoms with Crippen LogP contribution in [0, 0.1) is 6.92 Å². The lowest BCUT2D eigenvalue weighted by Crippen LogP contribution is -2.09. The predicted octanol–water partition coefficient (Wildman–Crippen LogP) is 3.70. The second-order valence-corrected chi connectivity index (χ2v) is 5.33. The summed E-state index contributed by atoms with van der Waals surface area (Å²) in [7, 11) is 1.62. The van der Waals surface area contributed by atoms with Gasteiger partial charge in [-0.25, -0.2) is 4.79 Å². The number of aromatic carboxylic acids is 1. The van der Waals surface area contributed by atoms with Crippen molar-refractivity contribution in [1.29, 1.82) is 0 Å². The number of fused-ring (bicyclic) bond motifs is 1. The van der Waals surface area contributed by atoms with E-state index in [-0.39, 0.29) is 0 Å². The van der Waals surface area contributed by atoms with Crippen LogP contribution in [0.2, 0.25) is 0 Å². The Morgan fingerprint density at radius 1 is 1.18 bits per heavy atom. The van der Waals surface area contributed by atoms with E-state index in [1.54, 1.807) is 13.2 Å². The molecule has 3 rings (SSSR count). The Morgan fingerprint density at radius 3 is 2.73 bits per heavy atom. The van der Waals surface area contributed by atoms with Gasteiger partial charge in [-0.2, -0.15) is 0 Å². The van der Waals surface area contributed by atoms with Gasteiger partial charge < -0.3 is 14.4 Å². The van der Waals surface area contributed by atoms with Crippen LogP contribution in [0.15, 0.2) is 48.5 Å². The number of hydrogen-bond donors (Lipinski definition) is 1. The van der Waals surface area contributed by atoms with Crippen LogP contribution in [0.5, 0.6) is 5.75 Å². The number of aromatic nitrogens is 1. The molecule has 22 heavy (non-hydrogen) atoms. The third-order valence-electron chi connectivity index (χ3n) is 3.75. The number of hydrogen-bond acceptors (Lipinski definition) is 2. The molecule has 0 amide bonds. The topological polar surface area (TPSA) is 51.5 Å². The molecule has 112 valence electrons. The maximum atomic E-state index is 11.5. The van der Waals surface area contributed by atoms with Crippen molar-refractivity contribution in [2.24, 2.45) is 0 Å². The largest absolute Gasteiger partial charge is 0.497 e. The smallest absolute Gasteiger partial charge is 0.352 e. The van der Waals surface area contributed by atoms with Gasteiger partial charge in [-0.05, 0) is 42.8 Å². The standard InChI is InChI=1S/C18H17NO3/c1-12-6-7-16-14(8-12)10-17(18(20)21)19(16)11-13-4-3-5-15(9-13)22-2/h3-10H,11H2,1-2H3,(H,20,21). The molecule has 1 aromatic heterocycles. The summed E-state index contributed by atoms with van der Waals surface area (Å²) in [5.74, 6) is -0.154. The number of methoxy groups -OCH3 is 1. The van der Waals surface area contributed by atoms with Crippen molar-refractivity contribution in [1.82, 2.24) is 4.57 Å². The minimum atomic E-state index is -0.920. The van der Waals surface area contributed by atoms with Crippen molar-refractivity contribution in [2.45, 2.75) is 13.5 Å². The van der Waals surface area contributed by atoms with Gasteiger partial charge in [0.15, 0.2) is 0 Å². The highest BCUT2D eigenvalue weighted by molar-refractivity contribution is 5.94. The second kappa shape index (κ2) is 5.56. The van der Waals surface area contributed by atoms with Crippen LogP contribution in [0.1, 0.15) is 21.6 Å². The molecule has 1 heterocycles. The van der Waals surface area contributed by atoms with Crippen molar-refractivity contribution in [3.8, 4) is 5.75 Å². The zero-order valence-corrected chi connectivity index (χ0v) is 12.5. The highest BCUT2D eigenvalue weighted by Crippen LogP contribution is 2.23. The summed E-state index contributed by atoms with van der Waals surface area (Å²) in [4.78, 5) is 11.5. The molecule has 0 saturated heterocycles. The van der Waals surface area contributed by atoms with Crippen LogP contribution >= 0.6 is 0 Å². The summed E-state index contributed by atoms with van der Waals surface area (Å²) < 4.78 is 7.05. The highest BCUT2D eigenvalue weighted by Gasteiger charge is 2.15. The van der Waals surface area contributed by atoms with E-state index in [2.05, 4.69) is 0 Å². The fraction of sp³-hybridized carbons (Fsp3) is 0.167. The van der Waals surface area contributed by atoms with Crippen molar-refractivity contribution in [3.63, 3.8) is 0 Å². The van der Waals surface area contributed by atoms with E-state index < -0.39 is 5.97 Å².